The van der Waals surface area contributed by atoms with Crippen LogP contribution in [-0.2, 0) is 4.79 Å². The SMILES string of the molecule is CCC(C(=O)O)c1nc2cc(C)cc(C)c2o1. The largest absolute Gasteiger partial charge is 0.481 e. The molecule has 1 aromatic carbocycles. The molecule has 0 aliphatic heterocycles. The van der Waals surface area contributed by atoms with E-state index in [-0.39, 0.29) is 0 Å². The van der Waals surface area contributed by atoms with Crippen molar-refractivity contribution in [1.82, 2.24) is 4.98 Å². The Morgan fingerprint density at radius 2 is 2.18 bits per heavy atom. The van der Waals surface area contributed by atoms with Gasteiger partial charge in [0.2, 0.25) is 5.89 Å². The fourth-order valence-electron chi connectivity index (χ4n) is 2.00. The van der Waals surface area contributed by atoms with Crippen LogP contribution in [0.5, 0.6) is 0 Å². The van der Waals surface area contributed by atoms with Crippen LogP contribution >= 0.6 is 0 Å². The predicted octanol–water partition coefficient (Wildman–Crippen LogP) is 3.02. The number of carbonyl (C=O) groups is 1. The first-order valence-corrected chi connectivity index (χ1v) is 5.63. The molecule has 1 N–H and O–H groups in total. The highest BCUT2D eigenvalue weighted by molar-refractivity contribution is 5.80. The van der Waals surface area contributed by atoms with Crippen LogP contribution in [-0.4, -0.2) is 16.1 Å². The maximum Gasteiger partial charge on any atom is 0.315 e. The second-order valence-corrected chi connectivity index (χ2v) is 4.28. The maximum absolute atomic E-state index is 11.1. The molecule has 1 heterocycles. The van der Waals surface area contributed by atoms with Crippen molar-refractivity contribution in [1.29, 1.82) is 0 Å². The molecule has 4 nitrogen and oxygen atoms in total. The number of carboxylic acids is 1. The van der Waals surface area contributed by atoms with Gasteiger partial charge in [-0.25, -0.2) is 4.98 Å². The fraction of sp³-hybridized carbons (Fsp3) is 0.385. The summed E-state index contributed by atoms with van der Waals surface area (Å²) in [5.41, 5.74) is 3.50. The van der Waals surface area contributed by atoms with Crippen LogP contribution in [0.4, 0.5) is 0 Å². The molecule has 0 amide bonds. The van der Waals surface area contributed by atoms with E-state index in [9.17, 15) is 4.79 Å². The number of aliphatic carboxylic acids is 1. The van der Waals surface area contributed by atoms with E-state index < -0.39 is 11.9 Å². The topological polar surface area (TPSA) is 63.3 Å². The Hall–Kier alpha value is -1.84. The van der Waals surface area contributed by atoms with E-state index in [1.807, 2.05) is 32.9 Å². The number of hydrogen-bond donors (Lipinski definition) is 1. The minimum Gasteiger partial charge on any atom is -0.481 e. The average molecular weight is 233 g/mol. The standard InChI is InChI=1S/C13H15NO3/c1-4-9(13(15)16)12-14-10-6-7(2)5-8(3)11(10)17-12/h5-6,9H,4H2,1-3H3,(H,15,16). The molecule has 1 atom stereocenters. The summed E-state index contributed by atoms with van der Waals surface area (Å²) < 4.78 is 5.58. The second kappa shape index (κ2) is 4.20. The van der Waals surface area contributed by atoms with Gasteiger partial charge in [-0.05, 0) is 37.5 Å². The molecule has 0 bridgehead atoms. The van der Waals surface area contributed by atoms with Gasteiger partial charge >= 0.3 is 5.97 Å². The van der Waals surface area contributed by atoms with Gasteiger partial charge in [-0.1, -0.05) is 13.0 Å². The van der Waals surface area contributed by atoms with E-state index in [0.717, 1.165) is 16.6 Å². The van der Waals surface area contributed by atoms with Crippen molar-refractivity contribution in [3.05, 3.63) is 29.2 Å². The van der Waals surface area contributed by atoms with Crippen LogP contribution in [0.2, 0.25) is 0 Å². The van der Waals surface area contributed by atoms with Crippen LogP contribution in [0.15, 0.2) is 16.5 Å². The van der Waals surface area contributed by atoms with Crippen LogP contribution in [0.1, 0.15) is 36.3 Å². The Morgan fingerprint density at radius 3 is 2.76 bits per heavy atom. The lowest BCUT2D eigenvalue weighted by molar-refractivity contribution is -0.139. The smallest absolute Gasteiger partial charge is 0.315 e. The number of rotatable bonds is 3. The Morgan fingerprint density at radius 1 is 1.47 bits per heavy atom. The fourth-order valence-corrected chi connectivity index (χ4v) is 2.00. The van der Waals surface area contributed by atoms with Crippen molar-refractivity contribution in [3.63, 3.8) is 0 Å². The molecule has 0 aliphatic rings. The maximum atomic E-state index is 11.1. The van der Waals surface area contributed by atoms with E-state index in [1.165, 1.54) is 0 Å². The normalized spacial score (nSPS) is 12.9. The molecule has 0 saturated carbocycles. The number of aromatic nitrogens is 1. The van der Waals surface area contributed by atoms with Crippen LogP contribution in [0.25, 0.3) is 11.1 Å². The van der Waals surface area contributed by atoms with Gasteiger partial charge in [0.15, 0.2) is 5.58 Å². The number of benzene rings is 1. The average Bonchev–Trinajstić information content (AvgIpc) is 2.61. The van der Waals surface area contributed by atoms with Crippen molar-refractivity contribution in [3.8, 4) is 0 Å². The lowest BCUT2D eigenvalue weighted by atomic mass is 10.1. The Balaban J connectivity index is 2.58. The minimum absolute atomic E-state index is 0.295. The Bertz CT molecular complexity index is 571. The zero-order valence-electron chi connectivity index (χ0n) is 10.2. The molecule has 1 unspecified atom stereocenters. The summed E-state index contributed by atoms with van der Waals surface area (Å²) in [5.74, 6) is -1.26. The molecule has 4 heteroatoms. The van der Waals surface area contributed by atoms with Crippen molar-refractivity contribution in [2.24, 2.45) is 0 Å². The van der Waals surface area contributed by atoms with Crippen LogP contribution in [0.3, 0.4) is 0 Å². The number of hydrogen-bond acceptors (Lipinski definition) is 3. The lowest BCUT2D eigenvalue weighted by Crippen LogP contribution is -2.10. The summed E-state index contributed by atoms with van der Waals surface area (Å²) in [5, 5.41) is 9.08. The summed E-state index contributed by atoms with van der Waals surface area (Å²) in [6, 6.07) is 3.91. The third-order valence-electron chi connectivity index (χ3n) is 2.84. The van der Waals surface area contributed by atoms with E-state index >= 15 is 0 Å². The number of nitrogens with zero attached hydrogens (tertiary/aromatic N) is 1. The first kappa shape index (κ1) is 11.6. The third kappa shape index (κ3) is 2.02. The highest BCUT2D eigenvalue weighted by atomic mass is 16.4. The minimum atomic E-state index is -0.895. The van der Waals surface area contributed by atoms with Gasteiger partial charge in [0, 0.05) is 0 Å². The molecule has 2 rings (SSSR count). The first-order chi connectivity index (χ1) is 8.02. The monoisotopic (exact) mass is 233 g/mol. The number of aryl methyl sites for hydroxylation is 2. The molecule has 1 aromatic heterocycles. The summed E-state index contributed by atoms with van der Waals surface area (Å²) in [4.78, 5) is 15.3. The van der Waals surface area contributed by atoms with E-state index in [1.54, 1.807) is 0 Å². The van der Waals surface area contributed by atoms with Gasteiger partial charge in [0.25, 0.3) is 0 Å². The van der Waals surface area contributed by atoms with Crippen molar-refractivity contribution >= 4 is 17.1 Å². The summed E-state index contributed by atoms with van der Waals surface area (Å²) in [6.07, 6.45) is 0.472. The van der Waals surface area contributed by atoms with Crippen LogP contribution < -0.4 is 0 Å². The zero-order chi connectivity index (χ0) is 12.6. The number of oxazole rings is 1. The van der Waals surface area contributed by atoms with Gasteiger partial charge in [-0.2, -0.15) is 0 Å². The van der Waals surface area contributed by atoms with Crippen molar-refractivity contribution in [2.45, 2.75) is 33.1 Å². The molecular weight excluding hydrogens is 218 g/mol. The van der Waals surface area contributed by atoms with Gasteiger partial charge in [-0.15, -0.1) is 0 Å². The second-order valence-electron chi connectivity index (χ2n) is 4.28. The predicted molar refractivity (Wildman–Crippen MR) is 64.2 cm³/mol. The number of fused-ring (bicyclic) bond motifs is 1. The molecule has 2 aromatic rings. The summed E-state index contributed by atoms with van der Waals surface area (Å²) in [6.45, 7) is 5.73. The van der Waals surface area contributed by atoms with Gasteiger partial charge in [0.1, 0.15) is 11.4 Å². The van der Waals surface area contributed by atoms with Crippen molar-refractivity contribution < 1.29 is 14.3 Å². The van der Waals surface area contributed by atoms with E-state index in [2.05, 4.69) is 4.98 Å². The van der Waals surface area contributed by atoms with Crippen molar-refractivity contribution in [2.75, 3.05) is 0 Å². The molecule has 90 valence electrons. The first-order valence-electron chi connectivity index (χ1n) is 5.63. The van der Waals surface area contributed by atoms with E-state index in [0.29, 0.717) is 17.9 Å². The Kier molecular flexibility index (Phi) is 2.88. The van der Waals surface area contributed by atoms with Gasteiger partial charge in [-0.3, -0.25) is 4.79 Å². The van der Waals surface area contributed by atoms with Gasteiger partial charge < -0.3 is 9.52 Å². The quantitative estimate of drug-likeness (QED) is 0.885. The molecule has 0 fully saturated rings. The van der Waals surface area contributed by atoms with E-state index in [4.69, 9.17) is 9.52 Å². The van der Waals surface area contributed by atoms with Crippen LogP contribution in [0, 0.1) is 13.8 Å². The summed E-state index contributed by atoms with van der Waals surface area (Å²) in [7, 11) is 0. The molecule has 17 heavy (non-hydrogen) atoms. The highest BCUT2D eigenvalue weighted by Crippen LogP contribution is 2.27. The molecule has 0 saturated heterocycles. The molecule has 0 aliphatic carbocycles. The Labute approximate surface area is 99.3 Å². The zero-order valence-corrected chi connectivity index (χ0v) is 10.2. The number of carboxylic acid groups (broad SMARTS) is 1. The lowest BCUT2D eigenvalue weighted by Gasteiger charge is -2.02. The molecule has 0 radical (unpaired) electrons. The molecule has 0 spiro atoms. The third-order valence-corrected chi connectivity index (χ3v) is 2.84. The highest BCUT2D eigenvalue weighted by Gasteiger charge is 2.24. The molecular formula is C13H15NO3. The summed E-state index contributed by atoms with van der Waals surface area (Å²) >= 11 is 0. The van der Waals surface area contributed by atoms with Gasteiger partial charge in [0.05, 0.1) is 0 Å².